The van der Waals surface area contributed by atoms with Gasteiger partial charge in [0.1, 0.15) is 0 Å². The van der Waals surface area contributed by atoms with Crippen molar-refractivity contribution < 1.29 is 26.3 Å². The first kappa shape index (κ1) is 21.1. The van der Waals surface area contributed by atoms with Gasteiger partial charge in [0.05, 0.1) is 11.1 Å². The molecule has 2 rings (SSSR count). The van der Waals surface area contributed by atoms with Crippen LogP contribution in [0.4, 0.5) is 37.7 Å². The summed E-state index contributed by atoms with van der Waals surface area (Å²) >= 11 is 2.79. The summed E-state index contributed by atoms with van der Waals surface area (Å²) in [5, 5.41) is 0. The highest BCUT2D eigenvalue weighted by atomic mass is 79.9. The van der Waals surface area contributed by atoms with Crippen molar-refractivity contribution in [3.05, 3.63) is 57.6 Å². The standard InChI is InChI=1S/C9H10F3N.C7H5BrF3N/c1-2-6-3-4-7(13)5-8(6)9(10,11)12;8-6-2-1-4(12)3-5(6)7(9,10)11/h3-5H,2,13H2,1H3;1-3H,12H2. The molecule has 0 aliphatic rings. The number of hydrogen-bond donors (Lipinski definition) is 2. The van der Waals surface area contributed by atoms with Crippen LogP contribution in [-0.2, 0) is 18.8 Å². The van der Waals surface area contributed by atoms with Gasteiger partial charge in [-0.05, 0) is 42.3 Å². The van der Waals surface area contributed by atoms with Crippen molar-refractivity contribution in [1.82, 2.24) is 0 Å². The van der Waals surface area contributed by atoms with Gasteiger partial charge in [-0.2, -0.15) is 26.3 Å². The van der Waals surface area contributed by atoms with Crippen LogP contribution in [-0.4, -0.2) is 0 Å². The first-order valence-corrected chi connectivity index (χ1v) is 7.73. The summed E-state index contributed by atoms with van der Waals surface area (Å²) in [6.07, 6.45) is -8.30. The van der Waals surface area contributed by atoms with Crippen LogP contribution in [0.3, 0.4) is 0 Å². The lowest BCUT2D eigenvalue weighted by atomic mass is 10.0. The first-order chi connectivity index (χ1) is 11.4. The van der Waals surface area contributed by atoms with Crippen LogP contribution in [0.25, 0.3) is 0 Å². The third kappa shape index (κ3) is 6.15. The van der Waals surface area contributed by atoms with E-state index in [1.807, 2.05) is 0 Å². The Morgan fingerprint density at radius 2 is 1.24 bits per heavy atom. The molecule has 0 heterocycles. The zero-order valence-electron chi connectivity index (χ0n) is 13.0. The number of hydrogen-bond acceptors (Lipinski definition) is 2. The molecule has 0 unspecified atom stereocenters. The van der Waals surface area contributed by atoms with Gasteiger partial charge in [0.15, 0.2) is 0 Å². The fourth-order valence-corrected chi connectivity index (χ4v) is 2.40. The lowest BCUT2D eigenvalue weighted by molar-refractivity contribution is -0.139. The van der Waals surface area contributed by atoms with E-state index < -0.39 is 23.5 Å². The maximum atomic E-state index is 12.4. The lowest BCUT2D eigenvalue weighted by Gasteiger charge is -2.11. The molecule has 0 atom stereocenters. The Morgan fingerprint density at radius 3 is 1.64 bits per heavy atom. The van der Waals surface area contributed by atoms with Crippen molar-refractivity contribution in [2.45, 2.75) is 25.7 Å². The van der Waals surface area contributed by atoms with Gasteiger partial charge in [-0.25, -0.2) is 0 Å². The van der Waals surface area contributed by atoms with Crippen molar-refractivity contribution >= 4 is 27.3 Å². The van der Waals surface area contributed by atoms with E-state index in [4.69, 9.17) is 11.5 Å². The Kier molecular flexibility index (Phi) is 6.75. The predicted molar refractivity (Wildman–Crippen MR) is 88.8 cm³/mol. The molecule has 9 heteroatoms. The molecule has 0 radical (unpaired) electrons. The molecule has 0 aromatic heterocycles. The van der Waals surface area contributed by atoms with Crippen LogP contribution < -0.4 is 11.5 Å². The van der Waals surface area contributed by atoms with E-state index in [0.29, 0.717) is 6.42 Å². The summed E-state index contributed by atoms with van der Waals surface area (Å²) in [7, 11) is 0. The van der Waals surface area contributed by atoms with Crippen molar-refractivity contribution in [3.8, 4) is 0 Å². The molecule has 138 valence electrons. The van der Waals surface area contributed by atoms with Gasteiger partial charge >= 0.3 is 12.4 Å². The predicted octanol–water partition coefficient (Wildman–Crippen LogP) is 5.90. The topological polar surface area (TPSA) is 52.0 Å². The summed E-state index contributed by atoms with van der Waals surface area (Å²) in [5.41, 5.74) is 9.63. The molecule has 4 N–H and O–H groups in total. The lowest BCUT2D eigenvalue weighted by Crippen LogP contribution is -2.09. The molecule has 0 saturated carbocycles. The maximum Gasteiger partial charge on any atom is 0.417 e. The molecule has 0 aliphatic heterocycles. The van der Waals surface area contributed by atoms with Crippen LogP contribution in [0.2, 0.25) is 0 Å². The van der Waals surface area contributed by atoms with Crippen LogP contribution in [0.5, 0.6) is 0 Å². The quantitative estimate of drug-likeness (QED) is 0.438. The summed E-state index contributed by atoms with van der Waals surface area (Å²) in [6.45, 7) is 1.68. The number of nitrogen functional groups attached to an aromatic ring is 2. The number of aryl methyl sites for hydroxylation is 1. The minimum Gasteiger partial charge on any atom is -0.399 e. The molecule has 0 amide bonds. The van der Waals surface area contributed by atoms with Gasteiger partial charge in [-0.15, -0.1) is 0 Å². The SMILES string of the molecule is CCc1ccc(N)cc1C(F)(F)F.Nc1ccc(Br)c(C(F)(F)F)c1. The largest absolute Gasteiger partial charge is 0.417 e. The molecular weight excluding hydrogens is 414 g/mol. The average Bonchev–Trinajstić information content (AvgIpc) is 2.48. The van der Waals surface area contributed by atoms with E-state index in [1.54, 1.807) is 6.92 Å². The highest BCUT2D eigenvalue weighted by Crippen LogP contribution is 2.35. The smallest absolute Gasteiger partial charge is 0.399 e. The molecule has 0 fully saturated rings. The Hall–Kier alpha value is -1.90. The van der Waals surface area contributed by atoms with E-state index in [2.05, 4.69) is 15.9 Å². The van der Waals surface area contributed by atoms with Crippen LogP contribution in [0.1, 0.15) is 23.6 Å². The Balaban J connectivity index is 0.000000251. The van der Waals surface area contributed by atoms with Gasteiger partial charge < -0.3 is 11.5 Å². The highest BCUT2D eigenvalue weighted by molar-refractivity contribution is 9.10. The summed E-state index contributed by atoms with van der Waals surface area (Å²) < 4.78 is 73.5. The van der Waals surface area contributed by atoms with E-state index in [1.165, 1.54) is 24.3 Å². The van der Waals surface area contributed by atoms with Gasteiger partial charge in [0.25, 0.3) is 0 Å². The fourth-order valence-electron chi connectivity index (χ4n) is 1.93. The molecule has 0 spiro atoms. The minimum absolute atomic E-state index is 0.00389. The second kappa shape index (κ2) is 7.99. The Bertz CT molecular complexity index is 726. The van der Waals surface area contributed by atoms with Gasteiger partial charge in [-0.3, -0.25) is 0 Å². The molecule has 0 saturated heterocycles. The third-order valence-electron chi connectivity index (χ3n) is 3.12. The number of benzene rings is 2. The maximum absolute atomic E-state index is 12.4. The molecule has 2 aromatic rings. The highest BCUT2D eigenvalue weighted by Gasteiger charge is 2.33. The fraction of sp³-hybridized carbons (Fsp3) is 0.250. The molecule has 2 nitrogen and oxygen atoms in total. The van der Waals surface area contributed by atoms with Crippen molar-refractivity contribution in [3.63, 3.8) is 0 Å². The number of nitrogens with two attached hydrogens (primary N) is 2. The molecule has 0 bridgehead atoms. The van der Waals surface area contributed by atoms with Gasteiger partial charge in [0.2, 0.25) is 0 Å². The van der Waals surface area contributed by atoms with Crippen LogP contribution in [0.15, 0.2) is 40.9 Å². The zero-order valence-corrected chi connectivity index (χ0v) is 14.6. The number of rotatable bonds is 1. The summed E-state index contributed by atoms with van der Waals surface area (Å²) in [6, 6.07) is 7.44. The number of anilines is 2. The molecule has 2 aromatic carbocycles. The van der Waals surface area contributed by atoms with Crippen molar-refractivity contribution in [2.75, 3.05) is 11.5 Å². The molecule has 0 aliphatic carbocycles. The second-order valence-electron chi connectivity index (χ2n) is 5.00. The number of halogens is 7. The minimum atomic E-state index is -4.35. The van der Waals surface area contributed by atoms with Gasteiger partial charge in [0, 0.05) is 15.8 Å². The van der Waals surface area contributed by atoms with E-state index >= 15 is 0 Å². The first-order valence-electron chi connectivity index (χ1n) is 6.94. The molecular formula is C16H15BrF6N2. The monoisotopic (exact) mass is 428 g/mol. The molecule has 25 heavy (non-hydrogen) atoms. The normalized spacial score (nSPS) is 11.7. The van der Waals surface area contributed by atoms with Crippen LogP contribution >= 0.6 is 15.9 Å². The second-order valence-corrected chi connectivity index (χ2v) is 5.86. The third-order valence-corrected chi connectivity index (χ3v) is 3.81. The Labute approximate surface area is 148 Å². The number of alkyl halides is 6. The van der Waals surface area contributed by atoms with E-state index in [9.17, 15) is 26.3 Å². The zero-order chi connectivity index (χ0) is 19.4. The van der Waals surface area contributed by atoms with Crippen molar-refractivity contribution in [2.24, 2.45) is 0 Å². The summed E-state index contributed by atoms with van der Waals surface area (Å²) in [4.78, 5) is 0. The van der Waals surface area contributed by atoms with E-state index in [0.717, 1.165) is 12.1 Å². The summed E-state index contributed by atoms with van der Waals surface area (Å²) in [5.74, 6) is 0. The van der Waals surface area contributed by atoms with Gasteiger partial charge in [-0.1, -0.05) is 28.9 Å². The van der Waals surface area contributed by atoms with Crippen LogP contribution in [0, 0.1) is 0 Å². The average molecular weight is 429 g/mol. The Morgan fingerprint density at radius 1 is 0.800 bits per heavy atom. The van der Waals surface area contributed by atoms with Crippen molar-refractivity contribution in [1.29, 1.82) is 0 Å². The van der Waals surface area contributed by atoms with E-state index in [-0.39, 0.29) is 21.4 Å².